The van der Waals surface area contributed by atoms with Crippen LogP contribution in [0.25, 0.3) is 0 Å². The Bertz CT molecular complexity index is 257. The van der Waals surface area contributed by atoms with Crippen LogP contribution in [0.1, 0.15) is 34.1 Å². The molecule has 2 amide bonds. The number of hydrogen-bond donors (Lipinski definition) is 1. The van der Waals surface area contributed by atoms with Crippen molar-refractivity contribution in [2.45, 2.75) is 39.4 Å². The van der Waals surface area contributed by atoms with Crippen LogP contribution >= 0.6 is 11.8 Å². The van der Waals surface area contributed by atoms with E-state index in [4.69, 9.17) is 0 Å². The number of nitrogens with one attached hydrogen (secondary N) is 1. The Morgan fingerprint density at radius 1 is 1.43 bits per heavy atom. The molecule has 0 radical (unpaired) electrons. The van der Waals surface area contributed by atoms with Crippen molar-refractivity contribution in [1.29, 1.82) is 0 Å². The largest absolute Gasteiger partial charge is 0.286 e. The van der Waals surface area contributed by atoms with E-state index in [1.165, 1.54) is 0 Å². The highest BCUT2D eigenvalue weighted by Gasteiger charge is 2.36. The van der Waals surface area contributed by atoms with Gasteiger partial charge in [0, 0.05) is 0 Å². The Kier molecular flexibility index (Phi) is 3.24. The van der Waals surface area contributed by atoms with Crippen LogP contribution in [-0.4, -0.2) is 16.4 Å². The second-order valence-electron chi connectivity index (χ2n) is 5.06. The van der Waals surface area contributed by atoms with Crippen molar-refractivity contribution in [1.82, 2.24) is 5.32 Å². The van der Waals surface area contributed by atoms with E-state index in [2.05, 4.69) is 26.1 Å². The molecule has 2 unspecified atom stereocenters. The average molecular weight is 215 g/mol. The van der Waals surface area contributed by atoms with Crippen LogP contribution in [0.2, 0.25) is 0 Å². The summed E-state index contributed by atoms with van der Waals surface area (Å²) in [5, 5.41) is 1.92. The average Bonchev–Trinajstić information content (AvgIpc) is 2.26. The van der Waals surface area contributed by atoms with Gasteiger partial charge in [-0.2, -0.15) is 0 Å². The van der Waals surface area contributed by atoms with Crippen LogP contribution in [0.5, 0.6) is 0 Å². The predicted molar refractivity (Wildman–Crippen MR) is 58.2 cm³/mol. The summed E-state index contributed by atoms with van der Waals surface area (Å²) >= 11 is 1.12. The lowest BCUT2D eigenvalue weighted by Crippen LogP contribution is -2.30. The van der Waals surface area contributed by atoms with E-state index in [1.807, 2.05) is 6.92 Å². The number of carbonyl (C=O) groups excluding carboxylic acids is 2. The number of imide groups is 1. The molecule has 0 spiro atoms. The second kappa shape index (κ2) is 3.93. The molecule has 80 valence electrons. The molecule has 0 aromatic heterocycles. The third kappa shape index (κ3) is 3.01. The first-order chi connectivity index (χ1) is 6.29. The van der Waals surface area contributed by atoms with Crippen molar-refractivity contribution in [2.75, 3.05) is 0 Å². The Morgan fingerprint density at radius 3 is 2.36 bits per heavy atom. The van der Waals surface area contributed by atoms with Gasteiger partial charge in [-0.05, 0) is 17.8 Å². The summed E-state index contributed by atoms with van der Waals surface area (Å²) in [6.07, 6.45) is 0.950. The molecule has 1 fully saturated rings. The van der Waals surface area contributed by atoms with Gasteiger partial charge in [0.05, 0.1) is 5.25 Å². The molecule has 3 nitrogen and oxygen atoms in total. The van der Waals surface area contributed by atoms with Gasteiger partial charge in [-0.1, -0.05) is 39.5 Å². The van der Waals surface area contributed by atoms with Crippen molar-refractivity contribution in [2.24, 2.45) is 11.3 Å². The highest BCUT2D eigenvalue weighted by Crippen LogP contribution is 2.33. The highest BCUT2D eigenvalue weighted by molar-refractivity contribution is 8.15. The zero-order valence-corrected chi connectivity index (χ0v) is 9.90. The molecular weight excluding hydrogens is 198 g/mol. The van der Waals surface area contributed by atoms with Crippen molar-refractivity contribution in [3.05, 3.63) is 0 Å². The molecule has 1 aliphatic heterocycles. The second-order valence-corrected chi connectivity index (χ2v) is 6.17. The van der Waals surface area contributed by atoms with Gasteiger partial charge in [0.25, 0.3) is 5.24 Å². The summed E-state index contributed by atoms with van der Waals surface area (Å²) in [6.45, 7) is 8.45. The van der Waals surface area contributed by atoms with Gasteiger partial charge < -0.3 is 0 Å². The van der Waals surface area contributed by atoms with Crippen LogP contribution in [-0.2, 0) is 4.79 Å². The number of hydrogen-bond acceptors (Lipinski definition) is 3. The number of rotatable bonds is 2. The lowest BCUT2D eigenvalue weighted by Gasteiger charge is -2.25. The summed E-state index contributed by atoms with van der Waals surface area (Å²) in [6, 6.07) is 0. The molecule has 2 atom stereocenters. The molecule has 0 aromatic carbocycles. The maximum Gasteiger partial charge on any atom is 0.286 e. The fourth-order valence-corrected chi connectivity index (χ4v) is 2.70. The van der Waals surface area contributed by atoms with Gasteiger partial charge in [-0.25, -0.2) is 0 Å². The third-order valence-electron chi connectivity index (χ3n) is 2.17. The molecule has 0 aromatic rings. The Labute approximate surface area is 89.0 Å². The maximum atomic E-state index is 11.4. The lowest BCUT2D eigenvalue weighted by molar-refractivity contribution is -0.119. The molecular formula is C10H17NO2S. The zero-order valence-electron chi connectivity index (χ0n) is 9.09. The van der Waals surface area contributed by atoms with Gasteiger partial charge in [0.1, 0.15) is 0 Å². The van der Waals surface area contributed by atoms with Crippen LogP contribution in [0, 0.1) is 11.3 Å². The van der Waals surface area contributed by atoms with E-state index in [0.717, 1.165) is 18.2 Å². The van der Waals surface area contributed by atoms with Gasteiger partial charge >= 0.3 is 0 Å². The Balaban J connectivity index is 2.57. The van der Waals surface area contributed by atoms with E-state index in [0.29, 0.717) is 0 Å². The van der Waals surface area contributed by atoms with Gasteiger partial charge in [-0.15, -0.1) is 0 Å². The normalized spacial score (nSPS) is 25.0. The van der Waals surface area contributed by atoms with E-state index < -0.39 is 0 Å². The molecule has 0 aliphatic carbocycles. The number of carbonyl (C=O) groups is 2. The minimum absolute atomic E-state index is 0.128. The lowest BCUT2D eigenvalue weighted by atomic mass is 9.84. The molecule has 0 saturated carbocycles. The van der Waals surface area contributed by atoms with Crippen molar-refractivity contribution in [3.8, 4) is 0 Å². The topological polar surface area (TPSA) is 46.2 Å². The minimum Gasteiger partial charge on any atom is -0.286 e. The van der Waals surface area contributed by atoms with Gasteiger partial charge in [0.15, 0.2) is 0 Å². The van der Waals surface area contributed by atoms with Crippen molar-refractivity contribution < 1.29 is 9.59 Å². The van der Waals surface area contributed by atoms with Gasteiger partial charge in [0.2, 0.25) is 5.91 Å². The van der Waals surface area contributed by atoms with E-state index >= 15 is 0 Å². The highest BCUT2D eigenvalue weighted by atomic mass is 32.2. The molecule has 1 rings (SSSR count). The van der Waals surface area contributed by atoms with Crippen LogP contribution in [0.15, 0.2) is 0 Å². The standard InChI is InChI=1S/C10H17NO2S/c1-6(5-10(2,3)4)7-8(12)11-9(13)14-7/h6-7H,5H2,1-4H3,(H,11,12,13). The minimum atomic E-state index is -0.208. The Morgan fingerprint density at radius 2 is 2.00 bits per heavy atom. The fourth-order valence-electron chi connectivity index (χ4n) is 1.82. The molecule has 4 heteroatoms. The van der Waals surface area contributed by atoms with Crippen molar-refractivity contribution in [3.63, 3.8) is 0 Å². The quantitative estimate of drug-likeness (QED) is 0.769. The number of thioether (sulfide) groups is 1. The first kappa shape index (κ1) is 11.6. The van der Waals surface area contributed by atoms with Gasteiger partial charge in [-0.3, -0.25) is 14.9 Å². The van der Waals surface area contributed by atoms with Crippen molar-refractivity contribution >= 4 is 22.9 Å². The molecule has 1 saturated heterocycles. The SMILES string of the molecule is CC(CC(C)(C)C)C1SC(=O)NC1=O. The zero-order chi connectivity index (χ0) is 10.9. The third-order valence-corrected chi connectivity index (χ3v) is 3.42. The fraction of sp³-hybridized carbons (Fsp3) is 0.800. The number of amides is 2. The molecule has 14 heavy (non-hydrogen) atoms. The smallest absolute Gasteiger partial charge is 0.286 e. The molecule has 1 heterocycles. The predicted octanol–water partition coefficient (Wildman–Crippen LogP) is 2.41. The summed E-state index contributed by atoms with van der Waals surface area (Å²) < 4.78 is 0. The van der Waals surface area contributed by atoms with Crippen LogP contribution in [0.3, 0.4) is 0 Å². The summed E-state index contributed by atoms with van der Waals surface area (Å²) in [4.78, 5) is 22.3. The van der Waals surface area contributed by atoms with Crippen LogP contribution < -0.4 is 5.32 Å². The summed E-state index contributed by atoms with van der Waals surface area (Å²) in [5.74, 6) is 0.114. The molecule has 1 N–H and O–H groups in total. The first-order valence-electron chi connectivity index (χ1n) is 4.81. The monoisotopic (exact) mass is 215 g/mol. The molecule has 1 aliphatic rings. The summed E-state index contributed by atoms with van der Waals surface area (Å²) in [7, 11) is 0. The van der Waals surface area contributed by atoms with E-state index in [9.17, 15) is 9.59 Å². The summed E-state index contributed by atoms with van der Waals surface area (Å²) in [5.41, 5.74) is 0.200. The molecule has 0 bridgehead atoms. The maximum absolute atomic E-state index is 11.4. The van der Waals surface area contributed by atoms with E-state index in [1.54, 1.807) is 0 Å². The first-order valence-corrected chi connectivity index (χ1v) is 5.69. The van der Waals surface area contributed by atoms with Crippen LogP contribution in [0.4, 0.5) is 4.79 Å². The van der Waals surface area contributed by atoms with E-state index in [-0.39, 0.29) is 27.7 Å². The Hall–Kier alpha value is -0.510.